The van der Waals surface area contributed by atoms with Crippen LogP contribution in [-0.4, -0.2) is 104 Å². The van der Waals surface area contributed by atoms with Crippen LogP contribution in [0.1, 0.15) is 43.9 Å². The highest BCUT2D eigenvalue weighted by Crippen LogP contribution is 2.46. The van der Waals surface area contributed by atoms with E-state index in [4.69, 9.17) is 29.1 Å². The fraction of sp³-hybridized carbons (Fsp3) is 0.444. The maximum Gasteiger partial charge on any atom is 0.336 e. The molecule has 7 atom stereocenters. The Morgan fingerprint density at radius 1 is 1.08 bits per heavy atom. The summed E-state index contributed by atoms with van der Waals surface area (Å²) in [6, 6.07) is 11.8. The van der Waals surface area contributed by atoms with Crippen LogP contribution in [0.3, 0.4) is 0 Å². The minimum Gasteiger partial charge on any atom is -0.504 e. The number of fused-ring (bicyclic) bond motifs is 1. The van der Waals surface area contributed by atoms with Crippen LogP contribution in [-0.2, 0) is 9.53 Å². The third-order valence-electron chi connectivity index (χ3n) is 9.92. The number of anilines is 1. The molecule has 284 valence electrons. The second kappa shape index (κ2) is 14.9. The Kier molecular flexibility index (Phi) is 10.2. The average Bonchev–Trinajstić information content (AvgIpc) is 3.93. The SMILES string of the molecule is Nc1ccc(C(O)COc2ccc(-c3cc(=O)c4c(O)c(OC5CCCC5)c(OC5OC(C(=O)O)C(O)(CC6CNCN6)C(O)C5O)cc4o3)cc2)[nH]1. The van der Waals surface area contributed by atoms with Crippen LogP contribution in [0, 0.1) is 0 Å². The molecule has 2 aromatic carbocycles. The molecular formula is C36H42N4O13. The molecule has 2 aliphatic heterocycles. The van der Waals surface area contributed by atoms with Crippen LogP contribution in [0.25, 0.3) is 22.3 Å². The Labute approximate surface area is 301 Å². The number of nitrogens with one attached hydrogen (secondary N) is 3. The molecule has 2 aromatic heterocycles. The van der Waals surface area contributed by atoms with Gasteiger partial charge in [-0.25, -0.2) is 4.79 Å². The zero-order valence-electron chi connectivity index (χ0n) is 28.4. The topological polar surface area (TPSA) is 271 Å². The first-order valence-corrected chi connectivity index (χ1v) is 17.3. The molecule has 11 N–H and O–H groups in total. The molecule has 17 nitrogen and oxygen atoms in total. The average molecular weight is 739 g/mol. The van der Waals surface area contributed by atoms with Crippen molar-refractivity contribution in [1.29, 1.82) is 0 Å². The molecule has 0 spiro atoms. The van der Waals surface area contributed by atoms with Gasteiger partial charge in [0, 0.05) is 42.6 Å². The first kappa shape index (κ1) is 36.5. The molecular weight excluding hydrogens is 696 g/mol. The van der Waals surface area contributed by atoms with Gasteiger partial charge in [0.25, 0.3) is 0 Å². The lowest BCUT2D eigenvalue weighted by molar-refractivity contribution is -0.307. The molecule has 17 heteroatoms. The van der Waals surface area contributed by atoms with Crippen molar-refractivity contribution in [3.63, 3.8) is 0 Å². The summed E-state index contributed by atoms with van der Waals surface area (Å²) in [6.07, 6.45) is -6.37. The number of aliphatic hydroxyl groups excluding tert-OH is 3. The maximum atomic E-state index is 13.5. The summed E-state index contributed by atoms with van der Waals surface area (Å²) in [6.45, 7) is 0.735. The van der Waals surface area contributed by atoms with Crippen molar-refractivity contribution in [2.24, 2.45) is 0 Å². The van der Waals surface area contributed by atoms with Gasteiger partial charge in [-0.15, -0.1) is 0 Å². The fourth-order valence-corrected chi connectivity index (χ4v) is 7.11. The van der Waals surface area contributed by atoms with E-state index in [1.165, 1.54) is 12.1 Å². The highest BCUT2D eigenvalue weighted by Gasteiger charge is 2.59. The van der Waals surface area contributed by atoms with Gasteiger partial charge in [0.15, 0.2) is 23.0 Å². The third kappa shape index (κ3) is 7.37. The molecule has 4 aromatic rings. The van der Waals surface area contributed by atoms with Gasteiger partial charge in [-0.2, -0.15) is 0 Å². The van der Waals surface area contributed by atoms with Crippen molar-refractivity contribution < 1.29 is 58.8 Å². The van der Waals surface area contributed by atoms with Crippen molar-refractivity contribution in [2.75, 3.05) is 25.6 Å². The van der Waals surface area contributed by atoms with Crippen molar-refractivity contribution in [3.05, 3.63) is 64.4 Å². The van der Waals surface area contributed by atoms with E-state index in [2.05, 4.69) is 15.6 Å². The number of ether oxygens (including phenoxy) is 4. The minimum absolute atomic E-state index is 0.0597. The first-order valence-electron chi connectivity index (χ1n) is 17.3. The number of hydrogen-bond donors (Lipinski definition) is 10. The van der Waals surface area contributed by atoms with Crippen LogP contribution in [0.2, 0.25) is 0 Å². The van der Waals surface area contributed by atoms with Gasteiger partial charge in [-0.05, 0) is 68.5 Å². The number of hydrogen-bond acceptors (Lipinski definition) is 15. The quantitative estimate of drug-likeness (QED) is 0.0973. The zero-order chi connectivity index (χ0) is 37.4. The molecule has 0 radical (unpaired) electrons. The van der Waals surface area contributed by atoms with Gasteiger partial charge < -0.3 is 75.4 Å². The molecule has 53 heavy (non-hydrogen) atoms. The lowest BCUT2D eigenvalue weighted by atomic mass is 9.79. The number of aromatic hydroxyl groups is 1. The highest BCUT2D eigenvalue weighted by atomic mass is 16.7. The molecule has 4 heterocycles. The number of carboxylic acid groups (broad SMARTS) is 1. The Bertz CT molecular complexity index is 1990. The van der Waals surface area contributed by atoms with Crippen molar-refractivity contribution in [1.82, 2.24) is 15.6 Å². The standard InChI is InChI=1S/C36H42N4O13/c37-27-10-9-21(40-27)23(42)15-49-19-7-5-17(6-8-19)24-11-22(41)28-25(51-24)12-26(31(29(28)43)50-20-3-1-2-4-20)52-35-30(44)32(45)36(48,33(53-35)34(46)47)13-18-14-38-16-39-18/h5-12,18,20,23,30,32-33,35,38-40,42-45,48H,1-4,13-16,37H2,(H,46,47). The molecule has 0 bridgehead atoms. The van der Waals surface area contributed by atoms with Gasteiger partial charge >= 0.3 is 5.97 Å². The zero-order valence-corrected chi connectivity index (χ0v) is 28.4. The van der Waals surface area contributed by atoms with E-state index < -0.39 is 59.5 Å². The number of benzene rings is 2. The maximum absolute atomic E-state index is 13.5. The first-order chi connectivity index (χ1) is 25.4. The predicted molar refractivity (Wildman–Crippen MR) is 186 cm³/mol. The number of aliphatic carboxylic acids is 1. The number of carbonyl (C=O) groups is 1. The van der Waals surface area contributed by atoms with Crippen molar-refractivity contribution in [3.8, 4) is 34.3 Å². The normalized spacial score (nSPS) is 26.8. The number of nitrogens with two attached hydrogens (primary N) is 1. The van der Waals surface area contributed by atoms with E-state index in [-0.39, 0.29) is 47.4 Å². The summed E-state index contributed by atoms with van der Waals surface area (Å²) >= 11 is 0. The predicted octanol–water partition coefficient (Wildman–Crippen LogP) is 1.06. The van der Waals surface area contributed by atoms with Gasteiger partial charge in [0.2, 0.25) is 12.0 Å². The van der Waals surface area contributed by atoms with Crippen LogP contribution < -0.4 is 36.0 Å². The summed E-state index contributed by atoms with van der Waals surface area (Å²) in [5.41, 5.74) is 3.50. The number of carboxylic acids is 1. The summed E-state index contributed by atoms with van der Waals surface area (Å²) in [7, 11) is 0. The van der Waals surface area contributed by atoms with Crippen LogP contribution >= 0.6 is 0 Å². The summed E-state index contributed by atoms with van der Waals surface area (Å²) in [5.74, 6) is -1.78. The number of aromatic amines is 1. The number of aromatic nitrogens is 1. The fourth-order valence-electron chi connectivity index (χ4n) is 7.11. The van der Waals surface area contributed by atoms with E-state index in [9.17, 15) is 40.2 Å². The molecule has 3 aliphatic rings. The highest BCUT2D eigenvalue weighted by molar-refractivity contribution is 5.89. The number of nitrogen functional groups attached to an aromatic ring is 1. The second-order valence-electron chi connectivity index (χ2n) is 13.6. The van der Waals surface area contributed by atoms with Gasteiger partial charge in [0.1, 0.15) is 58.8 Å². The molecule has 1 saturated carbocycles. The Morgan fingerprint density at radius 3 is 2.49 bits per heavy atom. The van der Waals surface area contributed by atoms with E-state index >= 15 is 0 Å². The number of phenols is 1. The third-order valence-corrected chi connectivity index (χ3v) is 9.92. The lowest BCUT2D eigenvalue weighted by Gasteiger charge is -2.47. The summed E-state index contributed by atoms with van der Waals surface area (Å²) in [5, 5.41) is 71.5. The second-order valence-corrected chi connectivity index (χ2v) is 13.6. The van der Waals surface area contributed by atoms with E-state index in [1.54, 1.807) is 36.4 Å². The smallest absolute Gasteiger partial charge is 0.336 e. The van der Waals surface area contributed by atoms with Crippen LogP contribution in [0.15, 0.2) is 57.7 Å². The van der Waals surface area contributed by atoms with Gasteiger partial charge in [0.05, 0.1) is 6.10 Å². The molecule has 1 aliphatic carbocycles. The monoisotopic (exact) mass is 738 g/mol. The molecule has 7 unspecified atom stereocenters. The van der Waals surface area contributed by atoms with Gasteiger partial charge in [-0.1, -0.05) is 0 Å². The van der Waals surface area contributed by atoms with Crippen molar-refractivity contribution >= 4 is 22.8 Å². The van der Waals surface area contributed by atoms with E-state index in [1.807, 2.05) is 0 Å². The summed E-state index contributed by atoms with van der Waals surface area (Å²) in [4.78, 5) is 28.7. The number of H-pyrrole nitrogens is 1. The van der Waals surface area contributed by atoms with Gasteiger partial charge in [-0.3, -0.25) is 4.79 Å². The molecule has 2 saturated heterocycles. The molecule has 7 rings (SSSR count). The van der Waals surface area contributed by atoms with E-state index in [0.717, 1.165) is 12.8 Å². The Morgan fingerprint density at radius 2 is 1.83 bits per heavy atom. The van der Waals surface area contributed by atoms with Crippen LogP contribution in [0.5, 0.6) is 23.0 Å². The van der Waals surface area contributed by atoms with Crippen molar-refractivity contribution in [2.45, 2.75) is 80.6 Å². The Hall–Kier alpha value is -4.88. The molecule has 3 fully saturated rings. The number of aliphatic hydroxyl groups is 4. The van der Waals surface area contributed by atoms with E-state index in [0.29, 0.717) is 48.9 Å². The summed E-state index contributed by atoms with van der Waals surface area (Å²) < 4.78 is 29.5. The minimum atomic E-state index is -2.40. The Balaban J connectivity index is 1.18. The number of rotatable bonds is 12. The molecule has 0 amide bonds. The largest absolute Gasteiger partial charge is 0.504 e. The lowest BCUT2D eigenvalue weighted by Crippen LogP contribution is -2.70. The van der Waals surface area contributed by atoms with Crippen LogP contribution in [0.4, 0.5) is 5.82 Å². The number of phenolic OH excluding ortho intramolecular Hbond substituents is 1.